The molecule has 2 amide bonds. The molecule has 1 saturated carbocycles. The van der Waals surface area contributed by atoms with Crippen molar-refractivity contribution in [1.29, 1.82) is 0 Å². The molecule has 1 aromatic heterocycles. The topological polar surface area (TPSA) is 97.1 Å². The Morgan fingerprint density at radius 2 is 1.84 bits per heavy atom. The van der Waals surface area contributed by atoms with E-state index >= 15 is 0 Å². The number of aromatic nitrogens is 2. The van der Waals surface area contributed by atoms with Crippen LogP contribution in [0.15, 0.2) is 24.5 Å². The summed E-state index contributed by atoms with van der Waals surface area (Å²) < 4.78 is 14.1. The van der Waals surface area contributed by atoms with Gasteiger partial charge in [-0.2, -0.15) is 5.10 Å². The largest absolute Gasteiger partial charge is 0.489 e. The second-order valence-electron chi connectivity index (χ2n) is 12.1. The minimum atomic E-state index is -0.930. The summed E-state index contributed by atoms with van der Waals surface area (Å²) >= 11 is 0. The van der Waals surface area contributed by atoms with Crippen LogP contribution in [-0.2, 0) is 11.2 Å². The molecule has 5 rings (SSSR count). The minimum Gasteiger partial charge on any atom is -0.489 e. The molecule has 2 aromatic rings. The minimum absolute atomic E-state index is 0.0431. The van der Waals surface area contributed by atoms with Crippen LogP contribution in [0, 0.1) is 0 Å². The maximum Gasteiger partial charge on any atom is 0.412 e. The number of hydrogen-bond acceptors (Lipinski definition) is 5. The number of benzene rings is 1. The van der Waals surface area contributed by atoms with Crippen molar-refractivity contribution in [2.75, 3.05) is 11.4 Å². The zero-order chi connectivity index (χ0) is 27.2. The van der Waals surface area contributed by atoms with Crippen molar-refractivity contribution in [2.24, 2.45) is 0 Å². The first-order valence-electron chi connectivity index (χ1n) is 13.9. The van der Waals surface area contributed by atoms with Gasteiger partial charge in [0, 0.05) is 41.5 Å². The Hall–Kier alpha value is -3.23. The van der Waals surface area contributed by atoms with E-state index in [-0.39, 0.29) is 30.3 Å². The highest BCUT2D eigenvalue weighted by molar-refractivity contribution is 5.91. The van der Waals surface area contributed by atoms with Gasteiger partial charge >= 0.3 is 12.2 Å². The summed E-state index contributed by atoms with van der Waals surface area (Å²) in [7, 11) is 0. The molecule has 9 nitrogen and oxygen atoms in total. The van der Waals surface area contributed by atoms with Gasteiger partial charge in [-0.05, 0) is 91.7 Å². The molecule has 1 aliphatic carbocycles. The van der Waals surface area contributed by atoms with Crippen LogP contribution < -0.4 is 9.64 Å². The maximum absolute atomic E-state index is 12.6. The first-order chi connectivity index (χ1) is 18.0. The molecule has 1 N–H and O–H groups in total. The van der Waals surface area contributed by atoms with E-state index in [0.29, 0.717) is 6.54 Å². The molecule has 1 aromatic carbocycles. The second kappa shape index (κ2) is 10.2. The molecule has 1 saturated heterocycles. The summed E-state index contributed by atoms with van der Waals surface area (Å²) in [4.78, 5) is 28.0. The third-order valence-corrected chi connectivity index (χ3v) is 8.05. The van der Waals surface area contributed by atoms with Gasteiger partial charge in [0.2, 0.25) is 0 Å². The Morgan fingerprint density at radius 3 is 2.47 bits per heavy atom. The van der Waals surface area contributed by atoms with Crippen molar-refractivity contribution >= 4 is 17.9 Å². The molecule has 1 unspecified atom stereocenters. The summed E-state index contributed by atoms with van der Waals surface area (Å²) in [5.41, 5.74) is 3.11. The first kappa shape index (κ1) is 26.4. The van der Waals surface area contributed by atoms with Gasteiger partial charge in [-0.15, -0.1) is 0 Å². The summed E-state index contributed by atoms with van der Waals surface area (Å²) in [6.07, 6.45) is 9.26. The molecule has 3 heterocycles. The number of piperidine rings is 1. The molecule has 3 atom stereocenters. The molecule has 0 bridgehead atoms. The molecule has 38 heavy (non-hydrogen) atoms. The number of likely N-dealkylation sites (tertiary alicyclic amines) is 1. The Labute approximate surface area is 224 Å². The van der Waals surface area contributed by atoms with Crippen molar-refractivity contribution in [3.8, 4) is 16.9 Å². The number of fused-ring (bicyclic) bond motifs is 1. The van der Waals surface area contributed by atoms with E-state index in [1.807, 2.05) is 55.6 Å². The molecule has 0 radical (unpaired) electrons. The van der Waals surface area contributed by atoms with Gasteiger partial charge < -0.3 is 19.5 Å². The molecule has 2 aliphatic heterocycles. The Kier molecular flexibility index (Phi) is 7.05. The van der Waals surface area contributed by atoms with Crippen molar-refractivity contribution in [2.45, 2.75) is 109 Å². The van der Waals surface area contributed by atoms with Crippen LogP contribution in [-0.4, -0.2) is 62.3 Å². The van der Waals surface area contributed by atoms with Gasteiger partial charge in [0.1, 0.15) is 11.4 Å². The fourth-order valence-corrected chi connectivity index (χ4v) is 5.77. The first-order valence-corrected chi connectivity index (χ1v) is 13.9. The number of nitrogens with zero attached hydrogens (tertiary/aromatic N) is 4. The normalized spacial score (nSPS) is 24.0. The maximum atomic E-state index is 12.6. The van der Waals surface area contributed by atoms with E-state index in [9.17, 15) is 14.7 Å². The van der Waals surface area contributed by atoms with Crippen LogP contribution in [0.5, 0.6) is 5.75 Å². The number of carboxylic acid groups (broad SMARTS) is 1. The molecule has 2 fully saturated rings. The van der Waals surface area contributed by atoms with E-state index < -0.39 is 11.7 Å². The van der Waals surface area contributed by atoms with Crippen molar-refractivity contribution in [3.63, 3.8) is 0 Å². The third kappa shape index (κ3) is 5.20. The highest BCUT2D eigenvalue weighted by Crippen LogP contribution is 2.45. The fraction of sp³-hybridized carbons (Fsp3) is 0.621. The molecule has 0 spiro atoms. The lowest BCUT2D eigenvalue weighted by Crippen LogP contribution is -2.47. The predicted molar refractivity (Wildman–Crippen MR) is 145 cm³/mol. The standard InChI is InChI=1S/C29H40N4O5/c1-18-9-10-24-25(33(18)27(34)35)12-11-23(26(24)37-22-7-6-8-22)20-16-30-32(17-20)21-13-14-31(19(2)15-21)28(36)38-29(3,4)5/h11-12,16-19,21-22H,6-10,13-15H2,1-5H3,(H,34,35)/t18?,19-,21+/m1/s1. The average Bonchev–Trinajstić information content (AvgIpc) is 3.29. The van der Waals surface area contributed by atoms with Crippen LogP contribution in [0.2, 0.25) is 0 Å². The molecular weight excluding hydrogens is 484 g/mol. The number of carbonyl (C=O) groups is 2. The van der Waals surface area contributed by atoms with Gasteiger partial charge in [0.05, 0.1) is 24.0 Å². The van der Waals surface area contributed by atoms with Crippen LogP contribution in [0.1, 0.15) is 84.7 Å². The smallest absolute Gasteiger partial charge is 0.412 e. The fourth-order valence-electron chi connectivity index (χ4n) is 5.77. The Morgan fingerprint density at radius 1 is 1.08 bits per heavy atom. The van der Waals surface area contributed by atoms with E-state index in [4.69, 9.17) is 14.6 Å². The molecule has 9 heteroatoms. The van der Waals surface area contributed by atoms with Gasteiger partial charge in [-0.25, -0.2) is 9.59 Å². The predicted octanol–water partition coefficient (Wildman–Crippen LogP) is 6.26. The van der Waals surface area contributed by atoms with Gasteiger partial charge in [-0.1, -0.05) is 0 Å². The van der Waals surface area contributed by atoms with Crippen molar-refractivity contribution < 1.29 is 24.2 Å². The van der Waals surface area contributed by atoms with Gasteiger partial charge in [0.15, 0.2) is 0 Å². The van der Waals surface area contributed by atoms with Crippen LogP contribution in [0.3, 0.4) is 0 Å². The van der Waals surface area contributed by atoms with Crippen LogP contribution in [0.25, 0.3) is 11.1 Å². The summed E-state index contributed by atoms with van der Waals surface area (Å²) in [5.74, 6) is 0.804. The van der Waals surface area contributed by atoms with Gasteiger partial charge in [-0.3, -0.25) is 9.58 Å². The Bertz CT molecular complexity index is 1200. The molecular formula is C29H40N4O5. The summed E-state index contributed by atoms with van der Waals surface area (Å²) in [6.45, 7) is 10.3. The third-order valence-electron chi connectivity index (χ3n) is 8.05. The number of rotatable bonds is 4. The van der Waals surface area contributed by atoms with Crippen molar-refractivity contribution in [3.05, 3.63) is 30.1 Å². The average molecular weight is 525 g/mol. The highest BCUT2D eigenvalue weighted by Gasteiger charge is 2.35. The molecule has 3 aliphatic rings. The van der Waals surface area contributed by atoms with E-state index in [2.05, 4.69) is 13.1 Å². The van der Waals surface area contributed by atoms with E-state index in [1.54, 1.807) is 0 Å². The SMILES string of the molecule is CC1CCc2c(ccc(-c3cnn([C@H]4CCN(C(=O)OC(C)(C)C)[C@H](C)C4)c3)c2OC2CCC2)N1C(=O)O. The van der Waals surface area contributed by atoms with Crippen molar-refractivity contribution in [1.82, 2.24) is 14.7 Å². The summed E-state index contributed by atoms with van der Waals surface area (Å²) in [5, 5.41) is 14.6. The Balaban J connectivity index is 1.40. The highest BCUT2D eigenvalue weighted by atomic mass is 16.6. The van der Waals surface area contributed by atoms with E-state index in [0.717, 1.165) is 73.1 Å². The number of amides is 2. The second-order valence-corrected chi connectivity index (χ2v) is 12.1. The lowest BCUT2D eigenvalue weighted by Gasteiger charge is -2.38. The monoisotopic (exact) mass is 524 g/mol. The molecule has 206 valence electrons. The van der Waals surface area contributed by atoms with Crippen LogP contribution >= 0.6 is 0 Å². The lowest BCUT2D eigenvalue weighted by molar-refractivity contribution is 0.00729. The summed E-state index contributed by atoms with van der Waals surface area (Å²) in [6, 6.07) is 4.05. The lowest BCUT2D eigenvalue weighted by atomic mass is 9.91. The zero-order valence-corrected chi connectivity index (χ0v) is 23.1. The number of hydrogen-bond donors (Lipinski definition) is 1. The van der Waals surface area contributed by atoms with E-state index in [1.165, 1.54) is 4.90 Å². The quantitative estimate of drug-likeness (QED) is 0.507. The number of anilines is 1. The zero-order valence-electron chi connectivity index (χ0n) is 23.1. The van der Waals surface area contributed by atoms with Gasteiger partial charge in [0.25, 0.3) is 0 Å². The number of ether oxygens (including phenoxy) is 2. The number of carbonyl (C=O) groups excluding carboxylic acids is 1. The van der Waals surface area contributed by atoms with Crippen LogP contribution in [0.4, 0.5) is 15.3 Å².